The van der Waals surface area contributed by atoms with Gasteiger partial charge in [-0.25, -0.2) is 0 Å². The molecule has 84 valence electrons. The summed E-state index contributed by atoms with van der Waals surface area (Å²) in [6.45, 7) is 2.88. The fourth-order valence-corrected chi connectivity index (χ4v) is 3.31. The van der Waals surface area contributed by atoms with Crippen LogP contribution >= 0.6 is 0 Å². The maximum atomic E-state index is 12.2. The van der Waals surface area contributed by atoms with Crippen LogP contribution in [0.4, 0.5) is 0 Å². The lowest BCUT2D eigenvalue weighted by Crippen LogP contribution is -2.32. The van der Waals surface area contributed by atoms with Crippen LogP contribution in [0, 0.1) is 11.8 Å². The molecule has 3 rings (SSSR count). The minimum atomic E-state index is 0.195. The van der Waals surface area contributed by atoms with Gasteiger partial charge in [0.2, 0.25) is 0 Å². The van der Waals surface area contributed by atoms with Crippen molar-refractivity contribution in [3.63, 3.8) is 0 Å². The first kappa shape index (κ1) is 10.0. The Morgan fingerprint density at radius 2 is 2.31 bits per heavy atom. The highest BCUT2D eigenvalue weighted by molar-refractivity contribution is 5.90. The highest BCUT2D eigenvalue weighted by Gasteiger charge is 2.37. The number of hydrogen-bond acceptors (Lipinski definition) is 2. The topological polar surface area (TPSA) is 29.4 Å². The number of ketones is 1. The Bertz CT molecular complexity index is 428. The Balaban J connectivity index is 2.12. The van der Waals surface area contributed by atoms with E-state index >= 15 is 0 Å². The van der Waals surface area contributed by atoms with E-state index in [1.54, 1.807) is 0 Å². The summed E-state index contributed by atoms with van der Waals surface area (Å²) in [7, 11) is 0. The lowest BCUT2D eigenvalue weighted by Gasteiger charge is -2.35. The molecule has 1 heterocycles. The highest BCUT2D eigenvalue weighted by atomic mass is 16.1. The molecule has 2 heteroatoms. The van der Waals surface area contributed by atoms with Crippen LogP contribution in [0.3, 0.4) is 0 Å². The molecule has 3 aliphatic rings. The van der Waals surface area contributed by atoms with Crippen molar-refractivity contribution in [1.82, 2.24) is 0 Å². The summed E-state index contributed by atoms with van der Waals surface area (Å²) >= 11 is 0. The van der Waals surface area contributed by atoms with Gasteiger partial charge < -0.3 is 0 Å². The fraction of sp³-hybridized carbons (Fsp3) is 0.571. The van der Waals surface area contributed by atoms with Crippen molar-refractivity contribution in [2.45, 2.75) is 32.6 Å². The summed E-state index contributed by atoms with van der Waals surface area (Å²) in [4.78, 5) is 16.6. The van der Waals surface area contributed by atoms with Gasteiger partial charge in [-0.2, -0.15) is 0 Å². The normalized spacial score (nSPS) is 33.3. The fourth-order valence-electron chi connectivity index (χ4n) is 3.31. The Morgan fingerprint density at radius 1 is 1.44 bits per heavy atom. The molecule has 2 aliphatic carbocycles. The number of rotatable bonds is 0. The molecule has 1 aliphatic heterocycles. The zero-order valence-electron chi connectivity index (χ0n) is 9.70. The van der Waals surface area contributed by atoms with Crippen molar-refractivity contribution >= 4 is 12.0 Å². The summed E-state index contributed by atoms with van der Waals surface area (Å²) in [6, 6.07) is 0. The molecule has 0 saturated heterocycles. The third-order valence-electron chi connectivity index (χ3n) is 4.06. The van der Waals surface area contributed by atoms with Crippen LogP contribution < -0.4 is 0 Å². The van der Waals surface area contributed by atoms with Gasteiger partial charge in [-0.05, 0) is 48.5 Å². The van der Waals surface area contributed by atoms with Crippen molar-refractivity contribution in [2.24, 2.45) is 16.8 Å². The van der Waals surface area contributed by atoms with Crippen LogP contribution in [0.25, 0.3) is 0 Å². The minimum absolute atomic E-state index is 0.195. The van der Waals surface area contributed by atoms with E-state index in [4.69, 9.17) is 0 Å². The summed E-state index contributed by atoms with van der Waals surface area (Å²) < 4.78 is 0. The van der Waals surface area contributed by atoms with E-state index in [0.717, 1.165) is 32.2 Å². The molecular weight excluding hydrogens is 198 g/mol. The third kappa shape index (κ3) is 1.40. The van der Waals surface area contributed by atoms with Crippen molar-refractivity contribution in [3.05, 3.63) is 22.8 Å². The molecule has 1 saturated carbocycles. The molecule has 0 aromatic heterocycles. The van der Waals surface area contributed by atoms with E-state index in [0.29, 0.717) is 5.78 Å². The average molecular weight is 215 g/mol. The van der Waals surface area contributed by atoms with Gasteiger partial charge in [-0.1, -0.05) is 6.92 Å². The number of aliphatic imine (C=N–C) groups is 1. The number of carbonyl (C=O) groups excluding carboxylic acids is 1. The van der Waals surface area contributed by atoms with Crippen LogP contribution in [0.5, 0.6) is 0 Å². The first-order valence-electron chi connectivity index (χ1n) is 6.22. The van der Waals surface area contributed by atoms with E-state index < -0.39 is 0 Å². The molecule has 0 bridgehead atoms. The van der Waals surface area contributed by atoms with Gasteiger partial charge in [0.05, 0.1) is 6.54 Å². The van der Waals surface area contributed by atoms with Crippen molar-refractivity contribution in [3.8, 4) is 0 Å². The molecule has 1 fully saturated rings. The second kappa shape index (κ2) is 3.69. The molecule has 16 heavy (non-hydrogen) atoms. The highest BCUT2D eigenvalue weighted by Crippen LogP contribution is 2.43. The van der Waals surface area contributed by atoms with Gasteiger partial charge in [-0.3, -0.25) is 9.79 Å². The quantitative estimate of drug-likeness (QED) is 0.611. The Hall–Kier alpha value is -1.18. The van der Waals surface area contributed by atoms with E-state index in [1.165, 1.54) is 16.7 Å². The zero-order valence-corrected chi connectivity index (χ0v) is 9.70. The van der Waals surface area contributed by atoms with E-state index in [-0.39, 0.29) is 11.8 Å². The first-order valence-corrected chi connectivity index (χ1v) is 6.22. The average Bonchev–Trinajstić information content (AvgIpc) is 2.49. The van der Waals surface area contributed by atoms with Crippen LogP contribution in [0.2, 0.25) is 0 Å². The zero-order chi connectivity index (χ0) is 11.1. The standard InChI is InChI=1S/C14H17NO/c1-9-7-11-8-15-6-5-10-3-2-4-12(13(10)11)14(9)16/h5-6,9,12H,2-4,7-8H2,1H3. The Morgan fingerprint density at radius 3 is 3.19 bits per heavy atom. The van der Waals surface area contributed by atoms with Crippen LogP contribution in [-0.2, 0) is 4.79 Å². The smallest absolute Gasteiger partial charge is 0.143 e. The Kier molecular flexibility index (Phi) is 2.31. The van der Waals surface area contributed by atoms with Crippen LogP contribution in [0.15, 0.2) is 27.8 Å². The summed E-state index contributed by atoms with van der Waals surface area (Å²) in [5, 5.41) is 0. The van der Waals surface area contributed by atoms with E-state index in [1.807, 2.05) is 6.21 Å². The monoisotopic (exact) mass is 215 g/mol. The summed E-state index contributed by atoms with van der Waals surface area (Å²) in [6.07, 6.45) is 8.31. The van der Waals surface area contributed by atoms with Gasteiger partial charge in [0.1, 0.15) is 5.78 Å². The Labute approximate surface area is 96.1 Å². The first-order chi connectivity index (χ1) is 7.77. The second-order valence-corrected chi connectivity index (χ2v) is 5.15. The summed E-state index contributed by atoms with van der Waals surface area (Å²) in [5.41, 5.74) is 4.18. The molecule has 2 atom stereocenters. The van der Waals surface area contributed by atoms with Gasteiger partial charge in [-0.15, -0.1) is 0 Å². The molecule has 2 nitrogen and oxygen atoms in total. The van der Waals surface area contributed by atoms with Gasteiger partial charge in [0, 0.05) is 18.1 Å². The molecule has 0 aromatic rings. The minimum Gasteiger partial charge on any atom is -0.299 e. The van der Waals surface area contributed by atoms with Crippen LogP contribution in [-0.4, -0.2) is 18.5 Å². The van der Waals surface area contributed by atoms with E-state index in [9.17, 15) is 4.79 Å². The molecule has 0 radical (unpaired) electrons. The lowest BCUT2D eigenvalue weighted by molar-refractivity contribution is -0.126. The number of Topliss-reactive ketones (excluding diaryl/α,β-unsaturated/α-hetero) is 1. The largest absolute Gasteiger partial charge is 0.299 e. The van der Waals surface area contributed by atoms with E-state index in [2.05, 4.69) is 18.0 Å². The number of carbonyl (C=O) groups is 1. The van der Waals surface area contributed by atoms with Crippen molar-refractivity contribution < 1.29 is 4.79 Å². The lowest BCUT2D eigenvalue weighted by atomic mass is 9.68. The van der Waals surface area contributed by atoms with Gasteiger partial charge in [0.25, 0.3) is 0 Å². The van der Waals surface area contributed by atoms with Gasteiger partial charge in [0.15, 0.2) is 0 Å². The van der Waals surface area contributed by atoms with Crippen molar-refractivity contribution in [1.29, 1.82) is 0 Å². The summed E-state index contributed by atoms with van der Waals surface area (Å²) in [5.74, 6) is 0.864. The predicted molar refractivity (Wildman–Crippen MR) is 64.6 cm³/mol. The number of allylic oxidation sites excluding steroid dienone is 3. The second-order valence-electron chi connectivity index (χ2n) is 5.15. The SMILES string of the molecule is CC1CC2=C3C(=CC=NC2)CCCC3C1=O. The molecule has 2 unspecified atom stereocenters. The number of nitrogens with zero attached hydrogens (tertiary/aromatic N) is 1. The molecule has 0 spiro atoms. The third-order valence-corrected chi connectivity index (χ3v) is 4.06. The predicted octanol–water partition coefficient (Wildman–Crippen LogP) is 2.70. The molecular formula is C14H17NO. The maximum absolute atomic E-state index is 12.2. The molecule has 0 aromatic carbocycles. The van der Waals surface area contributed by atoms with Gasteiger partial charge >= 0.3 is 0 Å². The van der Waals surface area contributed by atoms with Crippen LogP contribution in [0.1, 0.15) is 32.6 Å². The molecule has 0 N–H and O–H groups in total. The molecule has 0 amide bonds. The number of hydrogen-bond donors (Lipinski definition) is 0. The maximum Gasteiger partial charge on any atom is 0.143 e. The van der Waals surface area contributed by atoms with Crippen molar-refractivity contribution in [2.75, 3.05) is 6.54 Å².